The summed E-state index contributed by atoms with van der Waals surface area (Å²) in [6.45, 7) is 4.94. The molecule has 0 radical (unpaired) electrons. The van der Waals surface area contributed by atoms with Gasteiger partial charge in [0.1, 0.15) is 5.82 Å². The Morgan fingerprint density at radius 2 is 2.20 bits per heavy atom. The van der Waals surface area contributed by atoms with E-state index in [1.54, 1.807) is 6.20 Å². The van der Waals surface area contributed by atoms with Crippen molar-refractivity contribution < 1.29 is 9.47 Å². The second-order valence-electron chi connectivity index (χ2n) is 5.25. The lowest BCUT2D eigenvalue weighted by Gasteiger charge is -2.28. The van der Waals surface area contributed by atoms with Crippen LogP contribution in [0.1, 0.15) is 12.8 Å². The van der Waals surface area contributed by atoms with Crippen LogP contribution in [0.25, 0.3) is 0 Å². The average Bonchev–Trinajstić information content (AvgIpc) is 3.01. The summed E-state index contributed by atoms with van der Waals surface area (Å²) >= 11 is 0. The minimum Gasteiger partial charge on any atom is -0.396 e. The van der Waals surface area contributed by atoms with Crippen molar-refractivity contribution in [1.29, 1.82) is 0 Å². The number of rotatable bonds is 4. The monoisotopic (exact) mass is 278 g/mol. The van der Waals surface area contributed by atoms with Crippen LogP contribution in [-0.2, 0) is 9.47 Å². The number of nitrogen functional groups attached to an aromatic ring is 1. The summed E-state index contributed by atoms with van der Waals surface area (Å²) in [5.74, 6) is 0.956. The van der Waals surface area contributed by atoms with Crippen LogP contribution in [0.5, 0.6) is 0 Å². The first kappa shape index (κ1) is 13.5. The second kappa shape index (κ2) is 6.28. The molecule has 3 rings (SSSR count). The predicted octanol–water partition coefficient (Wildman–Crippen LogP) is 1.09. The van der Waals surface area contributed by atoms with Gasteiger partial charge in [-0.25, -0.2) is 4.98 Å². The van der Waals surface area contributed by atoms with Gasteiger partial charge in [-0.2, -0.15) is 0 Å². The Balaban J connectivity index is 1.65. The van der Waals surface area contributed by atoms with Crippen LogP contribution in [-0.4, -0.2) is 50.5 Å². The molecule has 2 saturated heterocycles. The van der Waals surface area contributed by atoms with Crippen molar-refractivity contribution in [2.45, 2.75) is 18.9 Å². The molecule has 6 heteroatoms. The minimum absolute atomic E-state index is 0.300. The molecule has 0 aromatic carbocycles. The van der Waals surface area contributed by atoms with E-state index in [0.29, 0.717) is 11.8 Å². The van der Waals surface area contributed by atoms with Crippen molar-refractivity contribution in [3.63, 3.8) is 0 Å². The van der Waals surface area contributed by atoms with E-state index in [0.717, 1.165) is 63.8 Å². The highest BCUT2D eigenvalue weighted by atomic mass is 16.5. The quantitative estimate of drug-likeness (QED) is 0.859. The number of anilines is 3. The summed E-state index contributed by atoms with van der Waals surface area (Å²) in [4.78, 5) is 6.64. The Morgan fingerprint density at radius 1 is 1.35 bits per heavy atom. The van der Waals surface area contributed by atoms with Gasteiger partial charge in [-0.15, -0.1) is 0 Å². The van der Waals surface area contributed by atoms with Crippen LogP contribution in [0.3, 0.4) is 0 Å². The van der Waals surface area contributed by atoms with Gasteiger partial charge in [0.25, 0.3) is 0 Å². The van der Waals surface area contributed by atoms with Gasteiger partial charge in [0.15, 0.2) is 0 Å². The van der Waals surface area contributed by atoms with Crippen LogP contribution in [0.15, 0.2) is 12.3 Å². The highest BCUT2D eigenvalue weighted by Crippen LogP contribution is 2.24. The molecule has 0 saturated carbocycles. The molecular weight excluding hydrogens is 256 g/mol. The molecule has 1 aromatic rings. The van der Waals surface area contributed by atoms with E-state index < -0.39 is 0 Å². The van der Waals surface area contributed by atoms with E-state index in [2.05, 4.69) is 15.2 Å². The summed E-state index contributed by atoms with van der Waals surface area (Å²) < 4.78 is 11.0. The Labute approximate surface area is 119 Å². The van der Waals surface area contributed by atoms with E-state index in [-0.39, 0.29) is 0 Å². The van der Waals surface area contributed by atoms with Crippen LogP contribution < -0.4 is 16.0 Å². The molecule has 0 spiro atoms. The van der Waals surface area contributed by atoms with Crippen LogP contribution >= 0.6 is 0 Å². The van der Waals surface area contributed by atoms with E-state index in [1.807, 2.05) is 6.07 Å². The third kappa shape index (κ3) is 3.13. The predicted molar refractivity (Wildman–Crippen MR) is 79.1 cm³/mol. The number of nitrogens with two attached hydrogens (primary N) is 1. The number of hydrogen-bond acceptors (Lipinski definition) is 6. The number of hydrogen-bond donors (Lipinski definition) is 2. The molecule has 2 aliphatic rings. The molecular formula is C14H22N4O2. The standard InChI is InChI=1S/C14H22N4O2/c15-12-10-17-14(18-3-6-19-7-4-18)8-13(12)16-9-11-2-1-5-20-11/h8,10-11H,1-7,9,15H2,(H,16,17)/t11-/m0/s1. The smallest absolute Gasteiger partial charge is 0.130 e. The molecule has 0 aliphatic carbocycles. The second-order valence-corrected chi connectivity index (χ2v) is 5.25. The number of morpholine rings is 1. The van der Waals surface area contributed by atoms with Gasteiger partial charge < -0.3 is 25.4 Å². The fourth-order valence-corrected chi connectivity index (χ4v) is 2.60. The van der Waals surface area contributed by atoms with Crippen molar-refractivity contribution >= 4 is 17.2 Å². The molecule has 1 aromatic heterocycles. The molecule has 0 unspecified atom stereocenters. The zero-order valence-electron chi connectivity index (χ0n) is 11.7. The number of ether oxygens (including phenoxy) is 2. The van der Waals surface area contributed by atoms with Crippen molar-refractivity contribution in [1.82, 2.24) is 4.98 Å². The van der Waals surface area contributed by atoms with Gasteiger partial charge >= 0.3 is 0 Å². The fourth-order valence-electron chi connectivity index (χ4n) is 2.60. The van der Waals surface area contributed by atoms with Crippen molar-refractivity contribution in [3.8, 4) is 0 Å². The van der Waals surface area contributed by atoms with Gasteiger partial charge in [0.2, 0.25) is 0 Å². The summed E-state index contributed by atoms with van der Waals surface area (Å²) in [5, 5.41) is 3.39. The van der Waals surface area contributed by atoms with Crippen molar-refractivity contribution in [2.24, 2.45) is 0 Å². The zero-order valence-corrected chi connectivity index (χ0v) is 11.7. The first-order valence-electron chi connectivity index (χ1n) is 7.26. The molecule has 0 amide bonds. The number of aromatic nitrogens is 1. The Kier molecular flexibility index (Phi) is 4.22. The molecule has 1 atom stereocenters. The lowest BCUT2D eigenvalue weighted by atomic mass is 10.2. The number of pyridine rings is 1. The maximum Gasteiger partial charge on any atom is 0.130 e. The lowest BCUT2D eigenvalue weighted by molar-refractivity contribution is 0.120. The van der Waals surface area contributed by atoms with Gasteiger partial charge in [0, 0.05) is 32.3 Å². The largest absolute Gasteiger partial charge is 0.396 e. The van der Waals surface area contributed by atoms with Gasteiger partial charge in [-0.1, -0.05) is 0 Å². The van der Waals surface area contributed by atoms with Crippen LogP contribution in [0.2, 0.25) is 0 Å². The van der Waals surface area contributed by atoms with Gasteiger partial charge in [-0.3, -0.25) is 0 Å². The summed E-state index contributed by atoms with van der Waals surface area (Å²) in [6.07, 6.45) is 4.29. The van der Waals surface area contributed by atoms with Gasteiger partial charge in [0.05, 0.1) is 36.9 Å². The first-order chi connectivity index (χ1) is 9.83. The molecule has 2 fully saturated rings. The molecule has 110 valence electrons. The highest BCUT2D eigenvalue weighted by molar-refractivity contribution is 5.69. The van der Waals surface area contributed by atoms with Crippen LogP contribution in [0.4, 0.5) is 17.2 Å². The molecule has 20 heavy (non-hydrogen) atoms. The Morgan fingerprint density at radius 3 is 2.95 bits per heavy atom. The Bertz CT molecular complexity index is 443. The Hall–Kier alpha value is -1.53. The molecule has 2 aliphatic heterocycles. The highest BCUT2D eigenvalue weighted by Gasteiger charge is 2.17. The average molecular weight is 278 g/mol. The summed E-state index contributed by atoms with van der Waals surface area (Å²) in [5.41, 5.74) is 7.62. The van der Waals surface area contributed by atoms with Crippen molar-refractivity contribution in [3.05, 3.63) is 12.3 Å². The molecule has 6 nitrogen and oxygen atoms in total. The normalized spacial score (nSPS) is 23.0. The molecule has 0 bridgehead atoms. The van der Waals surface area contributed by atoms with Crippen molar-refractivity contribution in [2.75, 3.05) is 55.4 Å². The third-order valence-electron chi connectivity index (χ3n) is 3.80. The first-order valence-corrected chi connectivity index (χ1v) is 7.26. The van der Waals surface area contributed by atoms with Gasteiger partial charge in [-0.05, 0) is 12.8 Å². The SMILES string of the molecule is Nc1cnc(N2CCOCC2)cc1NC[C@@H]1CCCO1. The van der Waals surface area contributed by atoms with E-state index in [9.17, 15) is 0 Å². The summed E-state index contributed by atoms with van der Waals surface area (Å²) in [7, 11) is 0. The molecule has 3 N–H and O–H groups in total. The van der Waals surface area contributed by atoms with E-state index >= 15 is 0 Å². The fraction of sp³-hybridized carbons (Fsp3) is 0.643. The third-order valence-corrected chi connectivity index (χ3v) is 3.80. The topological polar surface area (TPSA) is 72.6 Å². The molecule has 3 heterocycles. The maximum absolute atomic E-state index is 5.99. The number of nitrogens with zero attached hydrogens (tertiary/aromatic N) is 2. The minimum atomic E-state index is 0.300. The van der Waals surface area contributed by atoms with E-state index in [1.165, 1.54) is 0 Å². The summed E-state index contributed by atoms with van der Waals surface area (Å²) in [6, 6.07) is 2.02. The number of nitrogens with one attached hydrogen (secondary N) is 1. The maximum atomic E-state index is 5.99. The zero-order chi connectivity index (χ0) is 13.8. The van der Waals surface area contributed by atoms with Crippen LogP contribution in [0, 0.1) is 0 Å². The lowest BCUT2D eigenvalue weighted by Crippen LogP contribution is -2.36. The van der Waals surface area contributed by atoms with E-state index in [4.69, 9.17) is 15.2 Å².